The van der Waals surface area contributed by atoms with E-state index in [2.05, 4.69) is 10.3 Å². The first-order valence-corrected chi connectivity index (χ1v) is 13.3. The number of ether oxygens (including phenoxy) is 1. The minimum Gasteiger partial charge on any atom is -0.493 e. The lowest BCUT2D eigenvalue weighted by Crippen LogP contribution is -2.10. The van der Waals surface area contributed by atoms with Gasteiger partial charge in [-0.25, -0.2) is 4.98 Å². The van der Waals surface area contributed by atoms with Crippen molar-refractivity contribution in [3.8, 4) is 16.3 Å². The SMILES string of the molecule is O=C(O)Cc1ccc(-c2csc(Nc3ccc(OCCCCc4cccs4)c(C(F)(F)F)c3)n2)s1. The molecule has 0 bridgehead atoms. The zero-order chi connectivity index (χ0) is 24.8. The van der Waals surface area contributed by atoms with Crippen molar-refractivity contribution in [2.75, 3.05) is 11.9 Å². The van der Waals surface area contributed by atoms with Crippen LogP contribution in [0.1, 0.15) is 28.2 Å². The molecule has 3 heterocycles. The van der Waals surface area contributed by atoms with Crippen molar-refractivity contribution in [3.63, 3.8) is 0 Å². The third-order valence-corrected chi connectivity index (χ3v) is 7.74. The summed E-state index contributed by atoms with van der Waals surface area (Å²) in [7, 11) is 0. The van der Waals surface area contributed by atoms with E-state index in [1.54, 1.807) is 28.8 Å². The third kappa shape index (κ3) is 7.06. The van der Waals surface area contributed by atoms with E-state index in [1.807, 2.05) is 17.5 Å². The molecule has 4 rings (SSSR count). The second-order valence-electron chi connectivity index (χ2n) is 7.59. The molecule has 0 aliphatic heterocycles. The van der Waals surface area contributed by atoms with E-state index in [-0.39, 0.29) is 24.5 Å². The second-order valence-corrected chi connectivity index (χ2v) is 10.7. The van der Waals surface area contributed by atoms with E-state index >= 15 is 0 Å². The highest BCUT2D eigenvalue weighted by Crippen LogP contribution is 2.39. The van der Waals surface area contributed by atoms with Crippen LogP contribution in [0.3, 0.4) is 0 Å². The fourth-order valence-corrected chi connectivity index (χ4v) is 5.84. The number of carboxylic acid groups (broad SMARTS) is 1. The van der Waals surface area contributed by atoms with Gasteiger partial charge in [-0.3, -0.25) is 4.79 Å². The van der Waals surface area contributed by atoms with Crippen molar-refractivity contribution >= 4 is 50.8 Å². The van der Waals surface area contributed by atoms with Gasteiger partial charge in [0.15, 0.2) is 5.13 Å². The molecule has 3 aromatic heterocycles. The van der Waals surface area contributed by atoms with E-state index in [0.717, 1.165) is 23.8 Å². The Hall–Kier alpha value is -2.89. The zero-order valence-corrected chi connectivity index (χ0v) is 20.8. The molecule has 11 heteroatoms. The number of aliphatic carboxylic acids is 1. The molecule has 0 radical (unpaired) electrons. The maximum atomic E-state index is 13.7. The first kappa shape index (κ1) is 25.2. The number of hydrogen-bond donors (Lipinski definition) is 2. The maximum absolute atomic E-state index is 13.7. The number of carboxylic acids is 1. The Morgan fingerprint density at radius 3 is 2.69 bits per heavy atom. The van der Waals surface area contributed by atoms with Crippen LogP contribution >= 0.6 is 34.0 Å². The van der Waals surface area contributed by atoms with Gasteiger partial charge in [-0.1, -0.05) is 6.07 Å². The van der Waals surface area contributed by atoms with Crippen LogP contribution in [0.5, 0.6) is 5.75 Å². The smallest absolute Gasteiger partial charge is 0.420 e. The fraction of sp³-hybridized carbons (Fsp3) is 0.250. The summed E-state index contributed by atoms with van der Waals surface area (Å²) >= 11 is 4.24. The van der Waals surface area contributed by atoms with Gasteiger partial charge in [-0.15, -0.1) is 34.0 Å². The van der Waals surface area contributed by atoms with Crippen LogP contribution in [0.2, 0.25) is 0 Å². The van der Waals surface area contributed by atoms with Crippen LogP contribution in [0, 0.1) is 0 Å². The van der Waals surface area contributed by atoms with Crippen LogP contribution in [-0.2, 0) is 23.8 Å². The Morgan fingerprint density at radius 1 is 1.09 bits per heavy atom. The number of rotatable bonds is 11. The Balaban J connectivity index is 1.39. The number of aromatic nitrogens is 1. The topological polar surface area (TPSA) is 71.5 Å². The molecule has 5 nitrogen and oxygen atoms in total. The van der Waals surface area contributed by atoms with E-state index in [9.17, 15) is 18.0 Å². The first-order valence-electron chi connectivity index (χ1n) is 10.7. The minimum atomic E-state index is -4.56. The van der Waals surface area contributed by atoms with Gasteiger partial charge in [0, 0.05) is 20.8 Å². The normalized spacial score (nSPS) is 11.5. The van der Waals surface area contributed by atoms with E-state index in [0.29, 0.717) is 22.1 Å². The predicted molar refractivity (Wildman–Crippen MR) is 134 cm³/mol. The van der Waals surface area contributed by atoms with Gasteiger partial charge in [0.2, 0.25) is 0 Å². The average molecular weight is 539 g/mol. The molecule has 0 amide bonds. The summed E-state index contributed by atoms with van der Waals surface area (Å²) in [4.78, 5) is 18.1. The molecule has 0 aliphatic rings. The molecule has 184 valence electrons. The predicted octanol–water partition coefficient (Wildman–Crippen LogP) is 7.72. The van der Waals surface area contributed by atoms with Gasteiger partial charge in [-0.2, -0.15) is 13.2 Å². The van der Waals surface area contributed by atoms with Crippen molar-refractivity contribution in [2.45, 2.75) is 31.9 Å². The van der Waals surface area contributed by atoms with Gasteiger partial charge in [0.25, 0.3) is 0 Å². The lowest BCUT2D eigenvalue weighted by molar-refractivity contribution is -0.139. The molecular weight excluding hydrogens is 517 g/mol. The zero-order valence-electron chi connectivity index (χ0n) is 18.3. The number of thiophene rings is 2. The van der Waals surface area contributed by atoms with Crippen LogP contribution < -0.4 is 10.1 Å². The molecule has 2 N–H and O–H groups in total. The fourth-order valence-electron chi connectivity index (χ4n) is 3.32. The molecule has 0 fully saturated rings. The Bertz CT molecular complexity index is 1270. The highest BCUT2D eigenvalue weighted by molar-refractivity contribution is 7.17. The minimum absolute atomic E-state index is 0.0663. The maximum Gasteiger partial charge on any atom is 0.420 e. The van der Waals surface area contributed by atoms with Crippen LogP contribution in [0.25, 0.3) is 10.6 Å². The monoisotopic (exact) mass is 538 g/mol. The Morgan fingerprint density at radius 2 is 1.94 bits per heavy atom. The lowest BCUT2D eigenvalue weighted by atomic mass is 10.1. The summed E-state index contributed by atoms with van der Waals surface area (Å²) < 4.78 is 46.5. The van der Waals surface area contributed by atoms with Crippen LogP contribution in [-0.4, -0.2) is 22.7 Å². The standard InChI is InChI=1S/C24H21F3N2O3S3/c25-24(26,27)18-12-15(6-8-20(18)32-10-2-1-4-16-5-3-11-33-16)28-23-29-19(14-34-23)21-9-7-17(35-21)13-22(30)31/h3,5-9,11-12,14H,1-2,4,10,13H2,(H,28,29)(H,30,31). The summed E-state index contributed by atoms with van der Waals surface area (Å²) in [6.45, 7) is 0.210. The summed E-state index contributed by atoms with van der Waals surface area (Å²) in [5.74, 6) is -1.10. The number of nitrogens with zero attached hydrogens (tertiary/aromatic N) is 1. The molecule has 35 heavy (non-hydrogen) atoms. The number of carbonyl (C=O) groups is 1. The van der Waals surface area contributed by atoms with Crippen molar-refractivity contribution in [1.82, 2.24) is 4.98 Å². The summed E-state index contributed by atoms with van der Waals surface area (Å²) in [6, 6.07) is 11.4. The van der Waals surface area contributed by atoms with Crippen molar-refractivity contribution in [1.29, 1.82) is 0 Å². The van der Waals surface area contributed by atoms with Gasteiger partial charge < -0.3 is 15.2 Å². The molecule has 0 saturated heterocycles. The van der Waals surface area contributed by atoms with Gasteiger partial charge >= 0.3 is 12.1 Å². The molecular formula is C24H21F3N2O3S3. The van der Waals surface area contributed by atoms with Gasteiger partial charge in [0.05, 0.1) is 29.2 Å². The van der Waals surface area contributed by atoms with Gasteiger partial charge in [-0.05, 0) is 61.0 Å². The number of anilines is 2. The molecule has 0 atom stereocenters. The Kier molecular flexibility index (Phi) is 8.09. The van der Waals surface area contributed by atoms with Crippen LogP contribution in [0.4, 0.5) is 24.0 Å². The van der Waals surface area contributed by atoms with E-state index in [1.165, 1.54) is 39.7 Å². The number of benzene rings is 1. The second kappa shape index (κ2) is 11.2. The number of thiazole rings is 1. The third-order valence-electron chi connectivity index (χ3n) is 4.94. The van der Waals surface area contributed by atoms with Gasteiger partial charge in [0.1, 0.15) is 5.75 Å². The highest BCUT2D eigenvalue weighted by Gasteiger charge is 2.34. The number of aryl methyl sites for hydroxylation is 1. The number of alkyl halides is 3. The van der Waals surface area contributed by atoms with Crippen LogP contribution in [0.15, 0.2) is 53.2 Å². The Labute approximate surface area is 211 Å². The number of hydrogen-bond acceptors (Lipinski definition) is 7. The molecule has 0 spiro atoms. The number of unbranched alkanes of at least 4 members (excludes halogenated alkanes) is 1. The molecule has 0 saturated carbocycles. The first-order chi connectivity index (χ1) is 16.8. The summed E-state index contributed by atoms with van der Waals surface area (Å²) in [6.07, 6.45) is -2.24. The summed E-state index contributed by atoms with van der Waals surface area (Å²) in [5.41, 5.74) is 0.0489. The number of halogens is 3. The highest BCUT2D eigenvalue weighted by atomic mass is 32.1. The molecule has 0 unspecified atom stereocenters. The average Bonchev–Trinajstić information content (AvgIpc) is 3.55. The largest absolute Gasteiger partial charge is 0.493 e. The van der Waals surface area contributed by atoms with E-state index < -0.39 is 17.7 Å². The van der Waals surface area contributed by atoms with E-state index in [4.69, 9.17) is 9.84 Å². The van der Waals surface area contributed by atoms with Crippen molar-refractivity contribution in [2.24, 2.45) is 0 Å². The van der Waals surface area contributed by atoms with Crippen molar-refractivity contribution < 1.29 is 27.8 Å². The molecule has 1 aromatic carbocycles. The summed E-state index contributed by atoms with van der Waals surface area (Å²) in [5, 5.41) is 16.1. The quantitative estimate of drug-likeness (QED) is 0.191. The molecule has 0 aliphatic carbocycles. The van der Waals surface area contributed by atoms with Crippen molar-refractivity contribution in [3.05, 3.63) is 68.5 Å². The molecule has 4 aromatic rings. The lowest BCUT2D eigenvalue weighted by Gasteiger charge is -2.15. The number of nitrogens with one attached hydrogen (secondary N) is 1.